The lowest BCUT2D eigenvalue weighted by atomic mass is 10.1. The maximum Gasteiger partial charge on any atom is 0.0645 e. The van der Waals surface area contributed by atoms with Crippen molar-refractivity contribution in [3.05, 3.63) is 48.3 Å². The molecule has 0 radical (unpaired) electrons. The second-order valence-corrected chi connectivity index (χ2v) is 5.38. The monoisotopic (exact) mass is 227 g/mol. The van der Waals surface area contributed by atoms with Crippen molar-refractivity contribution in [2.24, 2.45) is 11.1 Å². The summed E-state index contributed by atoms with van der Waals surface area (Å²) in [5.74, 6) is 0.444. The highest BCUT2D eigenvalue weighted by Crippen LogP contribution is 2.57. The number of rotatable bonds is 2. The van der Waals surface area contributed by atoms with Crippen molar-refractivity contribution < 1.29 is 0 Å². The van der Waals surface area contributed by atoms with Crippen LogP contribution in [-0.4, -0.2) is 15.8 Å². The molecule has 1 saturated carbocycles. The zero-order valence-corrected chi connectivity index (χ0v) is 10.2. The zero-order chi connectivity index (χ0) is 12.0. The molecule has 1 fully saturated rings. The van der Waals surface area contributed by atoms with Crippen LogP contribution in [0.3, 0.4) is 0 Å². The van der Waals surface area contributed by atoms with Gasteiger partial charge in [0.1, 0.15) is 0 Å². The summed E-state index contributed by atoms with van der Waals surface area (Å²) in [5, 5.41) is 4.41. The van der Waals surface area contributed by atoms with Crippen molar-refractivity contribution in [1.82, 2.24) is 9.78 Å². The molecular formula is C14H17N3. The maximum absolute atomic E-state index is 6.09. The number of para-hydroxylation sites is 1. The van der Waals surface area contributed by atoms with Gasteiger partial charge in [0.15, 0.2) is 0 Å². The Balaban J connectivity index is 1.90. The van der Waals surface area contributed by atoms with Gasteiger partial charge in [-0.1, -0.05) is 32.0 Å². The molecule has 3 heteroatoms. The fourth-order valence-electron chi connectivity index (χ4n) is 2.53. The molecule has 1 aromatic heterocycles. The molecule has 3 nitrogen and oxygen atoms in total. The highest BCUT2D eigenvalue weighted by molar-refractivity contribution is 5.35. The lowest BCUT2D eigenvalue weighted by molar-refractivity contribution is 0.599. The summed E-state index contributed by atoms with van der Waals surface area (Å²) < 4.78 is 1.91. The van der Waals surface area contributed by atoms with Crippen LogP contribution in [0.4, 0.5) is 0 Å². The molecule has 1 aliphatic rings. The second kappa shape index (κ2) is 3.44. The van der Waals surface area contributed by atoms with E-state index in [1.807, 2.05) is 29.1 Å². The Morgan fingerprint density at radius 2 is 1.88 bits per heavy atom. The van der Waals surface area contributed by atoms with Crippen LogP contribution < -0.4 is 5.73 Å². The quantitative estimate of drug-likeness (QED) is 0.855. The van der Waals surface area contributed by atoms with Gasteiger partial charge in [-0.15, -0.1) is 0 Å². The molecule has 0 saturated heterocycles. The van der Waals surface area contributed by atoms with Gasteiger partial charge < -0.3 is 5.73 Å². The Morgan fingerprint density at radius 1 is 1.24 bits per heavy atom. The molecule has 3 rings (SSSR count). The predicted octanol–water partition coefficient (Wildman–Crippen LogP) is 2.32. The second-order valence-electron chi connectivity index (χ2n) is 5.38. The molecule has 17 heavy (non-hydrogen) atoms. The van der Waals surface area contributed by atoms with Gasteiger partial charge in [-0.05, 0) is 23.1 Å². The molecular weight excluding hydrogens is 210 g/mol. The first-order chi connectivity index (χ1) is 8.10. The number of benzene rings is 1. The molecule has 1 heterocycles. The minimum Gasteiger partial charge on any atom is -0.327 e. The van der Waals surface area contributed by atoms with Crippen molar-refractivity contribution in [1.29, 1.82) is 0 Å². The molecule has 88 valence electrons. The normalized spacial score (nSPS) is 25.8. The Kier molecular flexibility index (Phi) is 2.13. The molecule has 1 aromatic carbocycles. The fourth-order valence-corrected chi connectivity index (χ4v) is 2.53. The van der Waals surface area contributed by atoms with E-state index in [0.717, 1.165) is 5.69 Å². The average Bonchev–Trinajstić information content (AvgIpc) is 2.72. The minimum absolute atomic E-state index is 0.213. The van der Waals surface area contributed by atoms with E-state index in [2.05, 4.69) is 37.3 Å². The maximum atomic E-state index is 6.09. The van der Waals surface area contributed by atoms with E-state index in [4.69, 9.17) is 5.73 Å². The Bertz CT molecular complexity index is 527. The van der Waals surface area contributed by atoms with E-state index in [1.54, 1.807) is 0 Å². The number of nitrogens with zero attached hydrogens (tertiary/aromatic N) is 2. The highest BCUT2D eigenvalue weighted by Gasteiger charge is 2.56. The van der Waals surface area contributed by atoms with Crippen LogP contribution in [0.1, 0.15) is 25.3 Å². The number of nitrogens with two attached hydrogens (primary N) is 1. The standard InChI is InChI=1S/C14H17N3/c1-14(2)12(13(14)15)10-8-16-17(9-10)11-6-4-3-5-7-11/h3-9,12-13H,15H2,1-2H3. The lowest BCUT2D eigenvalue weighted by Crippen LogP contribution is -2.06. The molecule has 1 aliphatic carbocycles. The van der Waals surface area contributed by atoms with E-state index in [0.29, 0.717) is 5.92 Å². The van der Waals surface area contributed by atoms with Crippen LogP contribution >= 0.6 is 0 Å². The summed E-state index contributed by atoms with van der Waals surface area (Å²) in [4.78, 5) is 0. The van der Waals surface area contributed by atoms with Gasteiger partial charge >= 0.3 is 0 Å². The number of hydrogen-bond donors (Lipinski definition) is 1. The largest absolute Gasteiger partial charge is 0.327 e. The summed E-state index contributed by atoms with van der Waals surface area (Å²) in [5.41, 5.74) is 8.63. The molecule has 0 aliphatic heterocycles. The van der Waals surface area contributed by atoms with E-state index in [1.165, 1.54) is 5.56 Å². The molecule has 0 bridgehead atoms. The van der Waals surface area contributed by atoms with Gasteiger partial charge in [0.05, 0.1) is 11.9 Å². The SMILES string of the molecule is CC1(C)C(N)C1c1cnn(-c2ccccc2)c1. The smallest absolute Gasteiger partial charge is 0.0645 e. The minimum atomic E-state index is 0.213. The lowest BCUT2D eigenvalue weighted by Gasteiger charge is -2.00. The summed E-state index contributed by atoms with van der Waals surface area (Å²) >= 11 is 0. The Labute approximate surface area is 101 Å². The third-order valence-electron chi connectivity index (χ3n) is 3.89. The first-order valence-electron chi connectivity index (χ1n) is 5.96. The van der Waals surface area contributed by atoms with Crippen molar-refractivity contribution in [3.8, 4) is 5.69 Å². The predicted molar refractivity (Wildman–Crippen MR) is 68.1 cm³/mol. The van der Waals surface area contributed by atoms with Gasteiger partial charge in [0.2, 0.25) is 0 Å². The summed E-state index contributed by atoms with van der Waals surface area (Å²) in [6.45, 7) is 4.42. The summed E-state index contributed by atoms with van der Waals surface area (Å²) in [6, 6.07) is 10.4. The average molecular weight is 227 g/mol. The molecule has 2 atom stereocenters. The van der Waals surface area contributed by atoms with Crippen molar-refractivity contribution in [2.75, 3.05) is 0 Å². The number of hydrogen-bond acceptors (Lipinski definition) is 2. The van der Waals surface area contributed by atoms with Crippen LogP contribution in [0.5, 0.6) is 0 Å². The van der Waals surface area contributed by atoms with Crippen LogP contribution in [0.25, 0.3) is 5.69 Å². The first kappa shape index (κ1) is 10.5. The van der Waals surface area contributed by atoms with Crippen LogP contribution in [0.15, 0.2) is 42.7 Å². The van der Waals surface area contributed by atoms with Gasteiger partial charge in [-0.2, -0.15) is 5.10 Å². The van der Waals surface area contributed by atoms with E-state index >= 15 is 0 Å². The fraction of sp³-hybridized carbons (Fsp3) is 0.357. The van der Waals surface area contributed by atoms with E-state index < -0.39 is 0 Å². The van der Waals surface area contributed by atoms with Gasteiger partial charge in [0, 0.05) is 18.2 Å². The van der Waals surface area contributed by atoms with Crippen molar-refractivity contribution >= 4 is 0 Å². The third kappa shape index (κ3) is 1.58. The molecule has 0 amide bonds. The van der Waals surface area contributed by atoms with E-state index in [-0.39, 0.29) is 11.5 Å². The van der Waals surface area contributed by atoms with Crippen LogP contribution in [0.2, 0.25) is 0 Å². The van der Waals surface area contributed by atoms with Gasteiger partial charge in [-0.25, -0.2) is 4.68 Å². The summed E-state index contributed by atoms with van der Waals surface area (Å²) in [7, 11) is 0. The molecule has 2 N–H and O–H groups in total. The van der Waals surface area contributed by atoms with Gasteiger partial charge in [-0.3, -0.25) is 0 Å². The molecule has 2 aromatic rings. The van der Waals surface area contributed by atoms with E-state index in [9.17, 15) is 0 Å². The van der Waals surface area contributed by atoms with Crippen molar-refractivity contribution in [3.63, 3.8) is 0 Å². The summed E-state index contributed by atoms with van der Waals surface area (Å²) in [6.07, 6.45) is 4.03. The van der Waals surface area contributed by atoms with Crippen LogP contribution in [-0.2, 0) is 0 Å². The zero-order valence-electron chi connectivity index (χ0n) is 10.2. The first-order valence-corrected chi connectivity index (χ1v) is 5.96. The van der Waals surface area contributed by atoms with Gasteiger partial charge in [0.25, 0.3) is 0 Å². The van der Waals surface area contributed by atoms with Crippen molar-refractivity contribution in [2.45, 2.75) is 25.8 Å². The molecule has 0 spiro atoms. The third-order valence-corrected chi connectivity index (χ3v) is 3.89. The Morgan fingerprint density at radius 3 is 2.47 bits per heavy atom. The Hall–Kier alpha value is -1.61. The number of aromatic nitrogens is 2. The molecule has 2 unspecified atom stereocenters. The highest BCUT2D eigenvalue weighted by atomic mass is 15.3. The van der Waals surface area contributed by atoms with Crippen LogP contribution in [0, 0.1) is 5.41 Å². The topological polar surface area (TPSA) is 43.8 Å².